The van der Waals surface area contributed by atoms with Gasteiger partial charge in [0.2, 0.25) is 0 Å². The van der Waals surface area contributed by atoms with Crippen molar-refractivity contribution in [1.82, 2.24) is 4.90 Å². The van der Waals surface area contributed by atoms with Gasteiger partial charge in [-0.3, -0.25) is 14.5 Å². The van der Waals surface area contributed by atoms with Gasteiger partial charge in [-0.15, -0.1) is 0 Å². The van der Waals surface area contributed by atoms with E-state index in [1.165, 1.54) is 4.90 Å². The van der Waals surface area contributed by atoms with Crippen LogP contribution in [0.1, 0.15) is 26.2 Å². The van der Waals surface area contributed by atoms with E-state index in [1.54, 1.807) is 0 Å². The molecule has 0 aliphatic heterocycles. The molecular formula is C10H20N2O4. The smallest absolute Gasteiger partial charge is 0.317 e. The minimum absolute atomic E-state index is 0.0567. The third-order valence-electron chi connectivity index (χ3n) is 2.38. The molecule has 6 nitrogen and oxygen atoms in total. The number of hydrogen-bond acceptors (Lipinski definition) is 4. The Kier molecular flexibility index (Phi) is 7.49. The largest absolute Gasteiger partial charge is 0.480 e. The zero-order valence-corrected chi connectivity index (χ0v) is 9.56. The number of carbonyl (C=O) groups is 2. The van der Waals surface area contributed by atoms with Crippen molar-refractivity contribution >= 4 is 11.9 Å². The molecule has 1 unspecified atom stereocenters. The van der Waals surface area contributed by atoms with Crippen LogP contribution in [0.4, 0.5) is 0 Å². The van der Waals surface area contributed by atoms with Crippen LogP contribution in [0.2, 0.25) is 0 Å². The molecule has 0 aliphatic rings. The Labute approximate surface area is 95.0 Å². The van der Waals surface area contributed by atoms with Crippen LogP contribution >= 0.6 is 0 Å². The molecule has 0 bridgehead atoms. The summed E-state index contributed by atoms with van der Waals surface area (Å²) in [5.74, 6) is -2.01. The van der Waals surface area contributed by atoms with Crippen molar-refractivity contribution in [3.05, 3.63) is 0 Å². The highest BCUT2D eigenvalue weighted by molar-refractivity contribution is 5.72. The van der Waals surface area contributed by atoms with E-state index < -0.39 is 11.9 Å². The molecule has 0 rings (SSSR count). The van der Waals surface area contributed by atoms with Gasteiger partial charge in [0.05, 0.1) is 13.1 Å². The molecule has 16 heavy (non-hydrogen) atoms. The molecule has 0 aromatic heterocycles. The van der Waals surface area contributed by atoms with Gasteiger partial charge >= 0.3 is 11.9 Å². The monoisotopic (exact) mass is 232 g/mol. The molecule has 0 amide bonds. The quantitative estimate of drug-likeness (QED) is 0.482. The zero-order chi connectivity index (χ0) is 12.6. The van der Waals surface area contributed by atoms with Gasteiger partial charge in [0.1, 0.15) is 0 Å². The first-order valence-electron chi connectivity index (χ1n) is 5.35. The molecule has 94 valence electrons. The van der Waals surface area contributed by atoms with Gasteiger partial charge in [-0.2, -0.15) is 0 Å². The Morgan fingerprint density at radius 2 is 1.69 bits per heavy atom. The fraction of sp³-hybridized carbons (Fsp3) is 0.800. The van der Waals surface area contributed by atoms with Crippen molar-refractivity contribution in [1.29, 1.82) is 0 Å². The average molecular weight is 232 g/mol. The minimum atomic E-state index is -1.01. The normalized spacial score (nSPS) is 12.7. The van der Waals surface area contributed by atoms with Crippen molar-refractivity contribution in [2.45, 2.75) is 32.2 Å². The summed E-state index contributed by atoms with van der Waals surface area (Å²) in [6.07, 6.45) is 2.52. The molecule has 0 radical (unpaired) electrons. The molecule has 0 saturated carbocycles. The fourth-order valence-electron chi connectivity index (χ4n) is 1.48. The molecule has 1 atom stereocenters. The van der Waals surface area contributed by atoms with Crippen molar-refractivity contribution in [2.75, 3.05) is 19.6 Å². The lowest BCUT2D eigenvalue weighted by Gasteiger charge is -2.25. The standard InChI is InChI=1S/C10H20N2O4/c1-8(4-2-3-5-11)12(6-9(13)14)7-10(15)16/h8H,2-7,11H2,1H3,(H,13,14)(H,15,16). The van der Waals surface area contributed by atoms with Gasteiger partial charge in [0.15, 0.2) is 0 Å². The van der Waals surface area contributed by atoms with E-state index in [4.69, 9.17) is 15.9 Å². The Bertz CT molecular complexity index is 217. The predicted octanol–water partition coefficient (Wildman–Crippen LogP) is -0.0249. The summed E-state index contributed by atoms with van der Waals surface area (Å²) in [6, 6.07) is -0.0567. The maximum atomic E-state index is 10.6. The number of carboxylic acid groups (broad SMARTS) is 2. The Morgan fingerprint density at radius 3 is 2.06 bits per heavy atom. The summed E-state index contributed by atoms with van der Waals surface area (Å²) in [4.78, 5) is 22.6. The number of carboxylic acids is 2. The topological polar surface area (TPSA) is 104 Å². The van der Waals surface area contributed by atoms with Crippen molar-refractivity contribution < 1.29 is 19.8 Å². The van der Waals surface area contributed by atoms with E-state index in [1.807, 2.05) is 6.92 Å². The first-order valence-corrected chi connectivity index (χ1v) is 5.35. The summed E-state index contributed by atoms with van der Waals surface area (Å²) < 4.78 is 0. The summed E-state index contributed by atoms with van der Waals surface area (Å²) in [7, 11) is 0. The maximum Gasteiger partial charge on any atom is 0.317 e. The summed E-state index contributed by atoms with van der Waals surface area (Å²) in [5.41, 5.74) is 5.35. The number of hydrogen-bond donors (Lipinski definition) is 3. The van der Waals surface area contributed by atoms with E-state index in [0.717, 1.165) is 19.3 Å². The Morgan fingerprint density at radius 1 is 1.19 bits per heavy atom. The molecule has 0 aliphatic carbocycles. The second-order valence-electron chi connectivity index (χ2n) is 3.83. The van der Waals surface area contributed by atoms with Crippen LogP contribution in [0.5, 0.6) is 0 Å². The van der Waals surface area contributed by atoms with E-state index in [0.29, 0.717) is 6.54 Å². The molecule has 0 saturated heterocycles. The SMILES string of the molecule is CC(CCCCN)N(CC(=O)O)CC(=O)O. The number of rotatable bonds is 9. The lowest BCUT2D eigenvalue weighted by molar-refractivity contribution is -0.142. The lowest BCUT2D eigenvalue weighted by atomic mass is 10.1. The van der Waals surface area contributed by atoms with Crippen LogP contribution < -0.4 is 5.73 Å². The maximum absolute atomic E-state index is 10.6. The van der Waals surface area contributed by atoms with Crippen LogP contribution in [0, 0.1) is 0 Å². The first-order chi connectivity index (χ1) is 7.47. The van der Waals surface area contributed by atoms with E-state index in [2.05, 4.69) is 0 Å². The van der Waals surface area contributed by atoms with Gasteiger partial charge in [-0.05, 0) is 26.3 Å². The lowest BCUT2D eigenvalue weighted by Crippen LogP contribution is -2.40. The van der Waals surface area contributed by atoms with Gasteiger partial charge in [0, 0.05) is 6.04 Å². The van der Waals surface area contributed by atoms with E-state index >= 15 is 0 Å². The van der Waals surface area contributed by atoms with Crippen LogP contribution in [0.25, 0.3) is 0 Å². The van der Waals surface area contributed by atoms with E-state index in [-0.39, 0.29) is 19.1 Å². The van der Waals surface area contributed by atoms with Crippen LogP contribution in [-0.2, 0) is 9.59 Å². The molecule has 4 N–H and O–H groups in total. The van der Waals surface area contributed by atoms with Crippen molar-refractivity contribution in [3.8, 4) is 0 Å². The highest BCUT2D eigenvalue weighted by Crippen LogP contribution is 2.07. The summed E-state index contributed by atoms with van der Waals surface area (Å²) in [6.45, 7) is 1.96. The molecule has 0 aromatic rings. The Balaban J connectivity index is 4.14. The Hall–Kier alpha value is -1.14. The molecule has 0 heterocycles. The molecule has 6 heteroatoms. The van der Waals surface area contributed by atoms with Crippen LogP contribution in [0.15, 0.2) is 0 Å². The molecule has 0 spiro atoms. The molecule has 0 aromatic carbocycles. The van der Waals surface area contributed by atoms with Crippen molar-refractivity contribution in [3.63, 3.8) is 0 Å². The number of aliphatic carboxylic acids is 2. The van der Waals surface area contributed by atoms with Gasteiger partial charge in [0.25, 0.3) is 0 Å². The average Bonchev–Trinajstić information content (AvgIpc) is 2.15. The predicted molar refractivity (Wildman–Crippen MR) is 59.2 cm³/mol. The van der Waals surface area contributed by atoms with Gasteiger partial charge < -0.3 is 15.9 Å². The summed E-state index contributed by atoms with van der Waals surface area (Å²) in [5, 5.41) is 17.3. The highest BCUT2D eigenvalue weighted by Gasteiger charge is 2.18. The third kappa shape index (κ3) is 7.19. The second-order valence-corrected chi connectivity index (χ2v) is 3.83. The number of unbranched alkanes of at least 4 members (excludes halogenated alkanes) is 1. The van der Waals surface area contributed by atoms with Gasteiger partial charge in [-0.25, -0.2) is 0 Å². The molecular weight excluding hydrogens is 212 g/mol. The zero-order valence-electron chi connectivity index (χ0n) is 9.56. The third-order valence-corrected chi connectivity index (χ3v) is 2.38. The number of nitrogens with two attached hydrogens (primary N) is 1. The second kappa shape index (κ2) is 8.06. The summed E-state index contributed by atoms with van der Waals surface area (Å²) >= 11 is 0. The highest BCUT2D eigenvalue weighted by atomic mass is 16.4. The first kappa shape index (κ1) is 14.9. The van der Waals surface area contributed by atoms with Crippen molar-refractivity contribution in [2.24, 2.45) is 5.73 Å². The van der Waals surface area contributed by atoms with E-state index in [9.17, 15) is 9.59 Å². The minimum Gasteiger partial charge on any atom is -0.480 e. The number of nitrogens with zero attached hydrogens (tertiary/aromatic N) is 1. The van der Waals surface area contributed by atoms with Crippen LogP contribution in [0.3, 0.4) is 0 Å². The fourth-order valence-corrected chi connectivity index (χ4v) is 1.48. The van der Waals surface area contributed by atoms with Gasteiger partial charge in [-0.1, -0.05) is 6.42 Å². The van der Waals surface area contributed by atoms with Crippen LogP contribution in [-0.4, -0.2) is 52.7 Å². The molecule has 0 fully saturated rings.